The Bertz CT molecular complexity index is 576. The van der Waals surface area contributed by atoms with Gasteiger partial charge in [-0.25, -0.2) is 4.98 Å². The predicted molar refractivity (Wildman–Crippen MR) is 79.7 cm³/mol. The molecule has 0 radical (unpaired) electrons. The zero-order valence-corrected chi connectivity index (χ0v) is 12.1. The van der Waals surface area contributed by atoms with Crippen molar-refractivity contribution in [2.24, 2.45) is 0 Å². The molecule has 0 saturated carbocycles. The Morgan fingerprint density at radius 2 is 2.06 bits per heavy atom. The van der Waals surface area contributed by atoms with Crippen molar-refractivity contribution in [2.75, 3.05) is 11.9 Å². The summed E-state index contributed by atoms with van der Waals surface area (Å²) in [7, 11) is 0. The summed E-state index contributed by atoms with van der Waals surface area (Å²) in [4.78, 5) is 4.75. The van der Waals surface area contributed by atoms with Crippen molar-refractivity contribution in [1.29, 1.82) is 0 Å². The van der Waals surface area contributed by atoms with Crippen LogP contribution in [0.25, 0.3) is 10.9 Å². The molecule has 0 spiro atoms. The molecular weight excluding hydrogens is 244 g/mol. The molecule has 1 N–H and O–H groups in total. The summed E-state index contributed by atoms with van der Waals surface area (Å²) in [5, 5.41) is 5.27. The van der Waals surface area contributed by atoms with E-state index < -0.39 is 0 Å². The zero-order chi connectivity index (χ0) is 13.3. The Balaban J connectivity index is 2.72. The van der Waals surface area contributed by atoms with E-state index in [0.29, 0.717) is 5.92 Å². The molecule has 0 saturated heterocycles. The van der Waals surface area contributed by atoms with Crippen molar-refractivity contribution in [3.05, 3.63) is 34.3 Å². The monoisotopic (exact) mass is 262 g/mol. The molecule has 1 aromatic heterocycles. The van der Waals surface area contributed by atoms with Crippen molar-refractivity contribution >= 4 is 28.3 Å². The van der Waals surface area contributed by atoms with E-state index in [-0.39, 0.29) is 0 Å². The third kappa shape index (κ3) is 2.30. The van der Waals surface area contributed by atoms with Gasteiger partial charge in [-0.05, 0) is 43.0 Å². The second-order valence-electron chi connectivity index (χ2n) is 4.86. The van der Waals surface area contributed by atoms with Gasteiger partial charge in [0.05, 0.1) is 5.52 Å². The van der Waals surface area contributed by atoms with Crippen molar-refractivity contribution in [2.45, 2.75) is 33.6 Å². The van der Waals surface area contributed by atoms with Gasteiger partial charge in [0.2, 0.25) is 0 Å². The van der Waals surface area contributed by atoms with Crippen LogP contribution in [0.1, 0.15) is 37.8 Å². The average Bonchev–Trinajstić information content (AvgIpc) is 2.34. The van der Waals surface area contributed by atoms with Gasteiger partial charge in [0.15, 0.2) is 0 Å². The van der Waals surface area contributed by atoms with Crippen LogP contribution in [0.3, 0.4) is 0 Å². The number of hydrogen-bond acceptors (Lipinski definition) is 2. The molecule has 18 heavy (non-hydrogen) atoms. The first-order valence-electron chi connectivity index (χ1n) is 6.38. The molecule has 2 nitrogen and oxygen atoms in total. The topological polar surface area (TPSA) is 24.9 Å². The number of nitrogens with one attached hydrogen (secondary N) is 1. The Morgan fingerprint density at radius 3 is 2.67 bits per heavy atom. The molecule has 1 heterocycles. The summed E-state index contributed by atoms with van der Waals surface area (Å²) in [6, 6.07) is 6.20. The van der Waals surface area contributed by atoms with Gasteiger partial charge in [0.25, 0.3) is 0 Å². The highest BCUT2D eigenvalue weighted by molar-refractivity contribution is 6.32. The normalized spacial score (nSPS) is 11.2. The zero-order valence-electron chi connectivity index (χ0n) is 11.3. The van der Waals surface area contributed by atoms with Crippen LogP contribution >= 0.6 is 11.6 Å². The number of anilines is 1. The van der Waals surface area contributed by atoms with Gasteiger partial charge in [0, 0.05) is 17.0 Å². The molecule has 3 heteroatoms. The second kappa shape index (κ2) is 5.15. The number of nitrogens with zero attached hydrogens (tertiary/aromatic N) is 1. The second-order valence-corrected chi connectivity index (χ2v) is 5.26. The number of rotatable bonds is 3. The summed E-state index contributed by atoms with van der Waals surface area (Å²) in [6.07, 6.45) is 0. The van der Waals surface area contributed by atoms with E-state index in [1.165, 1.54) is 5.56 Å². The van der Waals surface area contributed by atoms with Crippen molar-refractivity contribution in [3.8, 4) is 0 Å². The molecule has 0 aliphatic carbocycles. The van der Waals surface area contributed by atoms with Gasteiger partial charge in [-0.15, -0.1) is 0 Å². The summed E-state index contributed by atoms with van der Waals surface area (Å²) in [6.45, 7) is 9.35. The number of aromatic nitrogens is 1. The van der Waals surface area contributed by atoms with Crippen molar-refractivity contribution in [3.63, 3.8) is 0 Å². The quantitative estimate of drug-likeness (QED) is 0.863. The maximum absolute atomic E-state index is 6.16. The summed E-state index contributed by atoms with van der Waals surface area (Å²) < 4.78 is 0. The highest BCUT2D eigenvalue weighted by atomic mass is 35.5. The highest BCUT2D eigenvalue weighted by Gasteiger charge is 2.11. The number of halogens is 1. The van der Waals surface area contributed by atoms with Gasteiger partial charge in [-0.3, -0.25) is 0 Å². The van der Waals surface area contributed by atoms with Gasteiger partial charge >= 0.3 is 0 Å². The lowest BCUT2D eigenvalue weighted by Gasteiger charge is -2.15. The maximum atomic E-state index is 6.16. The van der Waals surface area contributed by atoms with E-state index >= 15 is 0 Å². The molecule has 0 amide bonds. The van der Waals surface area contributed by atoms with Crippen LogP contribution < -0.4 is 5.32 Å². The fourth-order valence-electron chi connectivity index (χ4n) is 2.12. The number of aryl methyl sites for hydroxylation is 1. The lowest BCUT2D eigenvalue weighted by atomic mass is 10.0. The minimum Gasteiger partial charge on any atom is -0.370 e. The average molecular weight is 263 g/mol. The molecule has 0 aliphatic rings. The SMILES string of the molecule is CCNc1nc2c(C)c(Cl)ccc2cc1C(C)C. The molecule has 2 aromatic rings. The smallest absolute Gasteiger partial charge is 0.130 e. The van der Waals surface area contributed by atoms with Crippen LogP contribution in [-0.2, 0) is 0 Å². The van der Waals surface area contributed by atoms with E-state index in [2.05, 4.69) is 32.2 Å². The predicted octanol–water partition coefficient (Wildman–Crippen LogP) is 4.75. The number of benzene rings is 1. The Hall–Kier alpha value is -1.28. The van der Waals surface area contributed by atoms with Crippen molar-refractivity contribution in [1.82, 2.24) is 4.98 Å². The van der Waals surface area contributed by atoms with E-state index in [0.717, 1.165) is 33.9 Å². The Morgan fingerprint density at radius 1 is 1.33 bits per heavy atom. The summed E-state index contributed by atoms with van der Waals surface area (Å²) in [5.41, 5.74) is 3.29. The van der Waals surface area contributed by atoms with Crippen LogP contribution in [0.2, 0.25) is 5.02 Å². The molecular formula is C15H19ClN2. The highest BCUT2D eigenvalue weighted by Crippen LogP contribution is 2.30. The molecule has 2 rings (SSSR count). The van der Waals surface area contributed by atoms with Crippen LogP contribution in [0.4, 0.5) is 5.82 Å². The van der Waals surface area contributed by atoms with E-state index in [1.54, 1.807) is 0 Å². The first-order chi connectivity index (χ1) is 8.54. The first kappa shape index (κ1) is 13.2. The Kier molecular flexibility index (Phi) is 3.76. The van der Waals surface area contributed by atoms with Crippen LogP contribution in [0, 0.1) is 6.92 Å². The first-order valence-corrected chi connectivity index (χ1v) is 6.76. The number of pyridine rings is 1. The minimum absolute atomic E-state index is 0.451. The van der Waals surface area contributed by atoms with Gasteiger partial charge in [-0.2, -0.15) is 0 Å². The fourth-order valence-corrected chi connectivity index (χ4v) is 2.28. The van der Waals surface area contributed by atoms with Crippen molar-refractivity contribution < 1.29 is 0 Å². The third-order valence-electron chi connectivity index (χ3n) is 3.17. The fraction of sp³-hybridized carbons (Fsp3) is 0.400. The molecule has 96 valence electrons. The molecule has 1 aromatic carbocycles. The molecule has 0 bridgehead atoms. The van der Waals surface area contributed by atoms with Gasteiger partial charge in [-0.1, -0.05) is 31.5 Å². The van der Waals surface area contributed by atoms with Crippen LogP contribution in [-0.4, -0.2) is 11.5 Å². The summed E-state index contributed by atoms with van der Waals surface area (Å²) >= 11 is 6.16. The van der Waals surface area contributed by atoms with E-state index in [1.807, 2.05) is 19.1 Å². The lowest BCUT2D eigenvalue weighted by molar-refractivity contribution is 0.861. The largest absolute Gasteiger partial charge is 0.370 e. The Labute approximate surface area is 113 Å². The molecule has 0 unspecified atom stereocenters. The minimum atomic E-state index is 0.451. The van der Waals surface area contributed by atoms with E-state index in [9.17, 15) is 0 Å². The lowest BCUT2D eigenvalue weighted by Crippen LogP contribution is -2.05. The van der Waals surface area contributed by atoms with E-state index in [4.69, 9.17) is 16.6 Å². The standard InChI is InChI=1S/C15H19ClN2/c1-5-17-15-12(9(2)3)8-11-6-7-13(16)10(4)14(11)18-15/h6-9H,5H2,1-4H3,(H,17,18). The van der Waals surface area contributed by atoms with Crippen LogP contribution in [0.5, 0.6) is 0 Å². The number of fused-ring (bicyclic) bond motifs is 1. The third-order valence-corrected chi connectivity index (χ3v) is 3.58. The van der Waals surface area contributed by atoms with Gasteiger partial charge < -0.3 is 5.32 Å². The molecule has 0 aliphatic heterocycles. The van der Waals surface area contributed by atoms with Crippen LogP contribution in [0.15, 0.2) is 18.2 Å². The molecule has 0 atom stereocenters. The molecule has 0 fully saturated rings. The number of hydrogen-bond donors (Lipinski definition) is 1. The van der Waals surface area contributed by atoms with Gasteiger partial charge in [0.1, 0.15) is 5.82 Å². The maximum Gasteiger partial charge on any atom is 0.130 e. The summed E-state index contributed by atoms with van der Waals surface area (Å²) in [5.74, 6) is 1.43.